The molecule has 2 aromatic carbocycles. The normalized spacial score (nSPS) is 14.7. The summed E-state index contributed by atoms with van der Waals surface area (Å²) < 4.78 is 37.0. The van der Waals surface area contributed by atoms with Gasteiger partial charge in [0.05, 0.1) is 17.8 Å². The third-order valence-corrected chi connectivity index (χ3v) is 7.24. The Morgan fingerprint density at radius 2 is 1.97 bits per heavy atom. The van der Waals surface area contributed by atoms with Gasteiger partial charge < -0.3 is 15.2 Å². The third-order valence-electron chi connectivity index (χ3n) is 7.24. The average molecular weight is 493 g/mol. The van der Waals surface area contributed by atoms with Gasteiger partial charge in [-0.15, -0.1) is 0 Å². The van der Waals surface area contributed by atoms with E-state index >= 15 is 4.39 Å². The summed E-state index contributed by atoms with van der Waals surface area (Å²) in [7, 11) is 3.71. The lowest BCUT2D eigenvalue weighted by molar-refractivity contribution is -0.0437. The fourth-order valence-corrected chi connectivity index (χ4v) is 4.94. The van der Waals surface area contributed by atoms with Crippen LogP contribution in [0.15, 0.2) is 42.6 Å². The summed E-state index contributed by atoms with van der Waals surface area (Å²) in [6.45, 7) is 2.71. The van der Waals surface area contributed by atoms with E-state index in [-0.39, 0.29) is 12.4 Å². The van der Waals surface area contributed by atoms with Crippen LogP contribution in [-0.4, -0.2) is 33.5 Å². The topological polar surface area (TPSA) is 72.2 Å². The van der Waals surface area contributed by atoms with Crippen molar-refractivity contribution in [3.05, 3.63) is 76.7 Å². The number of pyridine rings is 1. The van der Waals surface area contributed by atoms with Crippen LogP contribution >= 0.6 is 0 Å². The molecule has 1 fully saturated rings. The molecule has 1 aliphatic carbocycles. The van der Waals surface area contributed by atoms with Crippen LogP contribution in [0.5, 0.6) is 5.75 Å². The Morgan fingerprint density at radius 3 is 2.69 bits per heavy atom. The van der Waals surface area contributed by atoms with Gasteiger partial charge in [0, 0.05) is 48.4 Å². The van der Waals surface area contributed by atoms with Crippen LogP contribution in [0.25, 0.3) is 22.0 Å². The summed E-state index contributed by atoms with van der Waals surface area (Å²) in [5.41, 5.74) is 4.63. The molecule has 2 N–H and O–H groups in total. The van der Waals surface area contributed by atoms with E-state index in [0.29, 0.717) is 42.6 Å². The Morgan fingerprint density at radius 1 is 1.17 bits per heavy atom. The van der Waals surface area contributed by atoms with Gasteiger partial charge in [-0.05, 0) is 74.7 Å². The van der Waals surface area contributed by atoms with Crippen LogP contribution in [0.1, 0.15) is 41.8 Å². The highest BCUT2D eigenvalue weighted by Crippen LogP contribution is 2.42. The molecule has 0 unspecified atom stereocenters. The van der Waals surface area contributed by atoms with Gasteiger partial charge in [0.2, 0.25) is 5.82 Å². The van der Waals surface area contributed by atoms with Crippen LogP contribution in [0, 0.1) is 18.6 Å². The summed E-state index contributed by atoms with van der Waals surface area (Å²) in [6.07, 6.45) is 4.48. The predicted molar refractivity (Wildman–Crippen MR) is 135 cm³/mol. The molecule has 8 heteroatoms. The molecule has 4 aromatic rings. The van der Waals surface area contributed by atoms with Gasteiger partial charge in [-0.2, -0.15) is 9.49 Å². The maximum atomic E-state index is 15.0. The Hall–Kier alpha value is -3.36. The maximum absolute atomic E-state index is 15.0. The highest BCUT2D eigenvalue weighted by atomic mass is 19.2. The first-order chi connectivity index (χ1) is 17.3. The summed E-state index contributed by atoms with van der Waals surface area (Å²) in [4.78, 5) is 4.42. The van der Waals surface area contributed by atoms with Gasteiger partial charge >= 0.3 is 0 Å². The minimum Gasteiger partial charge on any atom is -0.489 e. The average Bonchev–Trinajstić information content (AvgIpc) is 3.14. The Kier molecular flexibility index (Phi) is 6.49. The first kappa shape index (κ1) is 24.3. The molecular formula is C28H30F2N4O2. The Labute approximate surface area is 208 Å². The lowest BCUT2D eigenvalue weighted by Gasteiger charge is -2.35. The van der Waals surface area contributed by atoms with Crippen LogP contribution in [0.2, 0.25) is 0 Å². The minimum atomic E-state index is -1.02. The van der Waals surface area contributed by atoms with Crippen molar-refractivity contribution in [1.29, 1.82) is 0 Å². The van der Waals surface area contributed by atoms with Gasteiger partial charge in [0.1, 0.15) is 5.60 Å². The van der Waals surface area contributed by atoms with Crippen molar-refractivity contribution in [3.8, 4) is 16.9 Å². The number of rotatable bonds is 8. The summed E-state index contributed by atoms with van der Waals surface area (Å²) in [6, 6.07) is 10.3. The predicted octanol–water partition coefficient (Wildman–Crippen LogP) is 4.93. The van der Waals surface area contributed by atoms with Gasteiger partial charge in [0.15, 0.2) is 11.6 Å². The molecule has 36 heavy (non-hydrogen) atoms. The monoisotopic (exact) mass is 492 g/mol. The standard InChI is InChI=1S/C28H30F2N4O2/c1-17-20(27(33-34(17)3)28(35)11-4-12-28)10-14-36-26-21(6-7-23(29)25(26)30)18-5-8-24-22(15-18)19(16-31-2)9-13-32-24/h5-9,13,15,31,35H,4,10-12,14,16H2,1-3H3. The smallest absolute Gasteiger partial charge is 0.201 e. The molecule has 0 spiro atoms. The molecule has 0 bridgehead atoms. The number of nitrogens with zero attached hydrogens (tertiary/aromatic N) is 3. The number of nitrogens with one attached hydrogen (secondary N) is 1. The number of ether oxygens (including phenoxy) is 1. The molecule has 0 amide bonds. The quantitative estimate of drug-likeness (QED) is 0.365. The van der Waals surface area contributed by atoms with Crippen molar-refractivity contribution in [1.82, 2.24) is 20.1 Å². The number of aryl methyl sites for hydroxylation is 1. The Balaban J connectivity index is 1.46. The number of hydrogen-bond acceptors (Lipinski definition) is 5. The minimum absolute atomic E-state index is 0.114. The molecule has 0 atom stereocenters. The second-order valence-corrected chi connectivity index (χ2v) is 9.49. The van der Waals surface area contributed by atoms with Crippen LogP contribution < -0.4 is 10.1 Å². The van der Waals surface area contributed by atoms with E-state index in [4.69, 9.17) is 4.74 Å². The SMILES string of the molecule is CNCc1ccnc2ccc(-c3ccc(F)c(F)c3OCCc3c(C4(O)CCC4)nn(C)c3C)cc12. The van der Waals surface area contributed by atoms with Gasteiger partial charge in [0.25, 0.3) is 0 Å². The second kappa shape index (κ2) is 9.59. The van der Waals surface area contributed by atoms with Gasteiger partial charge in [-0.25, -0.2) is 4.39 Å². The van der Waals surface area contributed by atoms with E-state index in [2.05, 4.69) is 15.4 Å². The zero-order chi connectivity index (χ0) is 25.4. The molecule has 2 aromatic heterocycles. The summed E-state index contributed by atoms with van der Waals surface area (Å²) in [5, 5.41) is 19.5. The number of benzene rings is 2. The number of halogens is 2. The van der Waals surface area contributed by atoms with Crippen molar-refractivity contribution in [2.75, 3.05) is 13.7 Å². The first-order valence-corrected chi connectivity index (χ1v) is 12.2. The number of aromatic nitrogens is 3. The zero-order valence-corrected chi connectivity index (χ0v) is 20.7. The van der Waals surface area contributed by atoms with Crippen LogP contribution in [0.3, 0.4) is 0 Å². The molecular weight excluding hydrogens is 462 g/mol. The molecule has 0 radical (unpaired) electrons. The van der Waals surface area contributed by atoms with Gasteiger partial charge in [-0.1, -0.05) is 6.07 Å². The van der Waals surface area contributed by atoms with E-state index in [1.165, 1.54) is 0 Å². The number of fused-ring (bicyclic) bond motifs is 1. The summed E-state index contributed by atoms with van der Waals surface area (Å²) >= 11 is 0. The number of aliphatic hydroxyl groups is 1. The highest BCUT2D eigenvalue weighted by molar-refractivity contribution is 5.88. The molecule has 6 nitrogen and oxygen atoms in total. The molecule has 0 aliphatic heterocycles. The van der Waals surface area contributed by atoms with Crippen LogP contribution in [0.4, 0.5) is 8.78 Å². The lowest BCUT2D eigenvalue weighted by atomic mass is 9.76. The number of hydrogen-bond donors (Lipinski definition) is 2. The van der Waals surface area contributed by atoms with E-state index in [1.807, 2.05) is 45.3 Å². The molecule has 2 heterocycles. The highest BCUT2D eigenvalue weighted by Gasteiger charge is 2.41. The fraction of sp³-hybridized carbons (Fsp3) is 0.357. The first-order valence-electron chi connectivity index (χ1n) is 12.2. The van der Waals surface area contributed by atoms with E-state index in [1.54, 1.807) is 16.9 Å². The lowest BCUT2D eigenvalue weighted by Crippen LogP contribution is -2.35. The molecule has 0 saturated heterocycles. The zero-order valence-electron chi connectivity index (χ0n) is 20.7. The van der Waals surface area contributed by atoms with Crippen molar-refractivity contribution in [2.24, 2.45) is 7.05 Å². The maximum Gasteiger partial charge on any atom is 0.201 e. The van der Waals surface area contributed by atoms with Crippen molar-refractivity contribution >= 4 is 10.9 Å². The van der Waals surface area contributed by atoms with Crippen LogP contribution in [-0.2, 0) is 25.6 Å². The van der Waals surface area contributed by atoms with Gasteiger partial charge in [-0.3, -0.25) is 9.67 Å². The molecule has 5 rings (SSSR count). The van der Waals surface area contributed by atoms with Crippen molar-refractivity contribution in [3.63, 3.8) is 0 Å². The largest absolute Gasteiger partial charge is 0.489 e. The second-order valence-electron chi connectivity index (χ2n) is 9.49. The van der Waals surface area contributed by atoms with E-state index in [0.717, 1.165) is 40.2 Å². The van der Waals surface area contributed by atoms with E-state index < -0.39 is 17.2 Å². The molecule has 1 aliphatic rings. The van der Waals surface area contributed by atoms with Crippen molar-refractivity contribution in [2.45, 2.75) is 44.8 Å². The molecule has 188 valence electrons. The Bertz CT molecular complexity index is 1430. The fourth-order valence-electron chi connectivity index (χ4n) is 4.94. The summed E-state index contributed by atoms with van der Waals surface area (Å²) in [5.74, 6) is -2.11. The third kappa shape index (κ3) is 4.24. The van der Waals surface area contributed by atoms with E-state index in [9.17, 15) is 9.50 Å². The van der Waals surface area contributed by atoms with Crippen molar-refractivity contribution < 1.29 is 18.6 Å². The molecule has 1 saturated carbocycles.